The summed E-state index contributed by atoms with van der Waals surface area (Å²) < 4.78 is 0. The maximum atomic E-state index is 11.7. The van der Waals surface area contributed by atoms with Crippen LogP contribution in [0.15, 0.2) is 24.3 Å². The number of unbranched alkanes of at least 4 members (excludes halogenated alkanes) is 4. The van der Waals surface area contributed by atoms with E-state index < -0.39 is 0 Å². The van der Waals surface area contributed by atoms with Gasteiger partial charge in [-0.3, -0.25) is 9.59 Å². The second kappa shape index (κ2) is 9.97. The first kappa shape index (κ1) is 17.2. The third-order valence-electron chi connectivity index (χ3n) is 3.44. The highest BCUT2D eigenvalue weighted by Crippen LogP contribution is 2.06. The molecule has 21 heavy (non-hydrogen) atoms. The standard InChI is InChI=1S/C17H26N2O2/c1-3-4-5-6-7-8-16(20)19-13-14-9-11-15(12-10-14)17(21)18-2/h9-12H,3-8,13H2,1-2H3,(H,18,21)(H,19,20). The SMILES string of the molecule is CCCCCCCC(=O)NCc1ccc(C(=O)NC)cc1. The number of rotatable bonds is 9. The average molecular weight is 290 g/mol. The van der Waals surface area contributed by atoms with E-state index in [2.05, 4.69) is 17.6 Å². The summed E-state index contributed by atoms with van der Waals surface area (Å²) in [5.41, 5.74) is 1.63. The molecule has 1 rings (SSSR count). The van der Waals surface area contributed by atoms with E-state index in [0.29, 0.717) is 18.5 Å². The number of carbonyl (C=O) groups is 2. The van der Waals surface area contributed by atoms with Gasteiger partial charge in [0, 0.05) is 25.6 Å². The van der Waals surface area contributed by atoms with Crippen molar-refractivity contribution in [2.75, 3.05) is 7.05 Å². The van der Waals surface area contributed by atoms with E-state index in [1.54, 1.807) is 19.2 Å². The van der Waals surface area contributed by atoms with Gasteiger partial charge in [-0.25, -0.2) is 0 Å². The second-order valence-electron chi connectivity index (χ2n) is 5.22. The Morgan fingerprint density at radius 1 is 1.00 bits per heavy atom. The fourth-order valence-electron chi connectivity index (χ4n) is 2.10. The first-order valence-corrected chi connectivity index (χ1v) is 7.75. The molecule has 0 fully saturated rings. The molecule has 4 nitrogen and oxygen atoms in total. The predicted octanol–water partition coefficient (Wildman–Crippen LogP) is 3.02. The van der Waals surface area contributed by atoms with Crippen LogP contribution in [0.5, 0.6) is 0 Å². The van der Waals surface area contributed by atoms with Gasteiger partial charge in [0.2, 0.25) is 5.91 Å². The van der Waals surface area contributed by atoms with Gasteiger partial charge in [0.25, 0.3) is 5.91 Å². The summed E-state index contributed by atoms with van der Waals surface area (Å²) in [6.07, 6.45) is 6.37. The smallest absolute Gasteiger partial charge is 0.251 e. The molecule has 0 bridgehead atoms. The first-order chi connectivity index (χ1) is 10.2. The topological polar surface area (TPSA) is 58.2 Å². The molecule has 0 radical (unpaired) electrons. The minimum Gasteiger partial charge on any atom is -0.355 e. The van der Waals surface area contributed by atoms with Gasteiger partial charge in [0.15, 0.2) is 0 Å². The summed E-state index contributed by atoms with van der Waals surface area (Å²) in [5.74, 6) is -0.000425. The zero-order valence-electron chi connectivity index (χ0n) is 13.1. The zero-order chi connectivity index (χ0) is 15.5. The van der Waals surface area contributed by atoms with Gasteiger partial charge in [-0.15, -0.1) is 0 Å². The first-order valence-electron chi connectivity index (χ1n) is 7.75. The largest absolute Gasteiger partial charge is 0.355 e. The minimum atomic E-state index is -0.0994. The molecule has 1 aromatic carbocycles. The maximum Gasteiger partial charge on any atom is 0.251 e. The Hall–Kier alpha value is -1.84. The van der Waals surface area contributed by atoms with Crippen molar-refractivity contribution in [3.8, 4) is 0 Å². The molecule has 0 aliphatic heterocycles. The molecule has 0 atom stereocenters. The van der Waals surface area contributed by atoms with Gasteiger partial charge in [0.05, 0.1) is 0 Å². The number of amides is 2. The molecular weight excluding hydrogens is 264 g/mol. The highest BCUT2D eigenvalue weighted by atomic mass is 16.2. The van der Waals surface area contributed by atoms with Crippen molar-refractivity contribution in [3.05, 3.63) is 35.4 Å². The van der Waals surface area contributed by atoms with Crippen LogP contribution in [0.1, 0.15) is 61.4 Å². The lowest BCUT2D eigenvalue weighted by molar-refractivity contribution is -0.121. The molecule has 0 aliphatic rings. The highest BCUT2D eigenvalue weighted by Gasteiger charge is 2.04. The Labute approximate surface area is 127 Å². The Bertz CT molecular complexity index is 441. The number of benzene rings is 1. The molecule has 2 N–H and O–H groups in total. The molecule has 0 aliphatic carbocycles. The van der Waals surface area contributed by atoms with Crippen molar-refractivity contribution >= 4 is 11.8 Å². The molecule has 2 amide bonds. The van der Waals surface area contributed by atoms with Crippen LogP contribution in [-0.4, -0.2) is 18.9 Å². The third-order valence-corrected chi connectivity index (χ3v) is 3.44. The highest BCUT2D eigenvalue weighted by molar-refractivity contribution is 5.93. The lowest BCUT2D eigenvalue weighted by Crippen LogP contribution is -2.22. The molecule has 0 saturated carbocycles. The summed E-state index contributed by atoms with van der Waals surface area (Å²) >= 11 is 0. The quantitative estimate of drug-likeness (QED) is 0.687. The van der Waals surface area contributed by atoms with E-state index in [1.807, 2.05) is 12.1 Å². The predicted molar refractivity (Wildman–Crippen MR) is 85.1 cm³/mol. The van der Waals surface area contributed by atoms with Gasteiger partial charge >= 0.3 is 0 Å². The van der Waals surface area contributed by atoms with Crippen molar-refractivity contribution in [1.82, 2.24) is 10.6 Å². The molecule has 0 aromatic heterocycles. The van der Waals surface area contributed by atoms with Crippen LogP contribution < -0.4 is 10.6 Å². The van der Waals surface area contributed by atoms with Crippen LogP contribution in [0, 0.1) is 0 Å². The lowest BCUT2D eigenvalue weighted by Gasteiger charge is -2.06. The Kier molecular flexibility index (Phi) is 8.17. The molecule has 0 heterocycles. The fraction of sp³-hybridized carbons (Fsp3) is 0.529. The molecular formula is C17H26N2O2. The molecule has 0 spiro atoms. The Morgan fingerprint density at radius 3 is 2.29 bits per heavy atom. The van der Waals surface area contributed by atoms with Gasteiger partial charge in [-0.1, -0.05) is 44.7 Å². The Balaban J connectivity index is 2.25. The van der Waals surface area contributed by atoms with Crippen LogP contribution in [0.25, 0.3) is 0 Å². The van der Waals surface area contributed by atoms with E-state index in [1.165, 1.54) is 19.3 Å². The zero-order valence-corrected chi connectivity index (χ0v) is 13.1. The summed E-state index contributed by atoms with van der Waals surface area (Å²) in [5, 5.41) is 5.49. The minimum absolute atomic E-state index is 0.0990. The van der Waals surface area contributed by atoms with Crippen molar-refractivity contribution in [1.29, 1.82) is 0 Å². The number of carbonyl (C=O) groups excluding carboxylic acids is 2. The van der Waals surface area contributed by atoms with E-state index in [-0.39, 0.29) is 11.8 Å². The van der Waals surface area contributed by atoms with Crippen molar-refractivity contribution in [2.24, 2.45) is 0 Å². The van der Waals surface area contributed by atoms with Crippen LogP contribution in [0.2, 0.25) is 0 Å². The van der Waals surface area contributed by atoms with Crippen molar-refractivity contribution in [2.45, 2.75) is 52.0 Å². The summed E-state index contributed by atoms with van der Waals surface area (Å²) in [6.45, 7) is 2.70. The normalized spacial score (nSPS) is 10.2. The molecule has 4 heteroatoms. The Morgan fingerprint density at radius 2 is 1.67 bits per heavy atom. The fourth-order valence-corrected chi connectivity index (χ4v) is 2.10. The molecule has 0 unspecified atom stereocenters. The van der Waals surface area contributed by atoms with Gasteiger partial charge in [-0.2, -0.15) is 0 Å². The van der Waals surface area contributed by atoms with Crippen LogP contribution in [0.4, 0.5) is 0 Å². The van der Waals surface area contributed by atoms with E-state index in [0.717, 1.165) is 18.4 Å². The lowest BCUT2D eigenvalue weighted by atomic mass is 10.1. The van der Waals surface area contributed by atoms with Crippen LogP contribution in [-0.2, 0) is 11.3 Å². The van der Waals surface area contributed by atoms with Gasteiger partial charge in [0.1, 0.15) is 0 Å². The average Bonchev–Trinajstić information content (AvgIpc) is 2.52. The monoisotopic (exact) mass is 290 g/mol. The van der Waals surface area contributed by atoms with Gasteiger partial charge in [-0.05, 0) is 24.1 Å². The third kappa shape index (κ3) is 6.93. The summed E-state index contributed by atoms with van der Waals surface area (Å²) in [4.78, 5) is 23.1. The van der Waals surface area contributed by atoms with E-state index >= 15 is 0 Å². The summed E-state index contributed by atoms with van der Waals surface area (Å²) in [7, 11) is 1.61. The molecule has 116 valence electrons. The molecule has 1 aromatic rings. The van der Waals surface area contributed by atoms with Crippen LogP contribution in [0.3, 0.4) is 0 Å². The maximum absolute atomic E-state index is 11.7. The van der Waals surface area contributed by atoms with Crippen molar-refractivity contribution < 1.29 is 9.59 Å². The van der Waals surface area contributed by atoms with Crippen molar-refractivity contribution in [3.63, 3.8) is 0 Å². The summed E-state index contributed by atoms with van der Waals surface area (Å²) in [6, 6.07) is 7.27. The second-order valence-corrected chi connectivity index (χ2v) is 5.22. The van der Waals surface area contributed by atoms with E-state index in [9.17, 15) is 9.59 Å². The number of hydrogen-bond acceptors (Lipinski definition) is 2. The number of nitrogens with one attached hydrogen (secondary N) is 2. The molecule has 0 saturated heterocycles. The van der Waals surface area contributed by atoms with Crippen LogP contribution >= 0.6 is 0 Å². The van der Waals surface area contributed by atoms with Gasteiger partial charge < -0.3 is 10.6 Å². The number of hydrogen-bond donors (Lipinski definition) is 2. The van der Waals surface area contributed by atoms with E-state index in [4.69, 9.17) is 0 Å².